The molecule has 84 valence electrons. The van der Waals surface area contributed by atoms with Gasteiger partial charge in [0.2, 0.25) is 0 Å². The van der Waals surface area contributed by atoms with Gasteiger partial charge in [0.1, 0.15) is 5.75 Å². The smallest absolute Gasteiger partial charge is 0.125 e. The first-order valence-electron chi connectivity index (χ1n) is 5.56. The summed E-state index contributed by atoms with van der Waals surface area (Å²) in [5.74, 6) is 0.774. The number of aliphatic hydroxyl groups is 1. The van der Waals surface area contributed by atoms with Crippen molar-refractivity contribution in [3.63, 3.8) is 0 Å². The summed E-state index contributed by atoms with van der Waals surface area (Å²) in [6.07, 6.45) is -0.521. The van der Waals surface area contributed by atoms with Crippen LogP contribution in [-0.4, -0.2) is 11.7 Å². The minimum absolute atomic E-state index is 0.521. The quantitative estimate of drug-likeness (QED) is 0.853. The first-order chi connectivity index (χ1) is 7.74. The highest BCUT2D eigenvalue weighted by Gasteiger charge is 2.12. The molecule has 1 N–H and O–H groups in total. The van der Waals surface area contributed by atoms with E-state index in [4.69, 9.17) is 4.74 Å². The van der Waals surface area contributed by atoms with E-state index in [2.05, 4.69) is 0 Å². The minimum atomic E-state index is -0.521. The summed E-state index contributed by atoms with van der Waals surface area (Å²) < 4.78 is 5.55. The molecule has 2 nitrogen and oxygen atoms in total. The van der Waals surface area contributed by atoms with E-state index < -0.39 is 6.10 Å². The van der Waals surface area contributed by atoms with Crippen LogP contribution in [0.1, 0.15) is 25.5 Å². The van der Waals surface area contributed by atoms with Crippen LogP contribution < -0.4 is 4.74 Å². The lowest BCUT2D eigenvalue weighted by atomic mass is 10.00. The number of aliphatic hydroxyl groups excluding tert-OH is 1. The summed E-state index contributed by atoms with van der Waals surface area (Å²) in [7, 11) is 0. The Morgan fingerprint density at radius 1 is 1.19 bits per heavy atom. The van der Waals surface area contributed by atoms with Gasteiger partial charge in [-0.15, -0.1) is 0 Å². The van der Waals surface area contributed by atoms with E-state index in [1.165, 1.54) is 0 Å². The van der Waals surface area contributed by atoms with Crippen molar-refractivity contribution in [2.24, 2.45) is 0 Å². The third-order valence-electron chi connectivity index (χ3n) is 2.65. The molecule has 0 aromatic heterocycles. The third kappa shape index (κ3) is 1.89. The molecule has 0 heterocycles. The SMILES string of the molecule is CCOc1ccc2ccccc2c1[C@H](C)O. The van der Waals surface area contributed by atoms with Crippen molar-refractivity contribution >= 4 is 10.8 Å². The van der Waals surface area contributed by atoms with Crippen molar-refractivity contribution in [1.29, 1.82) is 0 Å². The van der Waals surface area contributed by atoms with E-state index in [9.17, 15) is 5.11 Å². The second-order valence-corrected chi connectivity index (χ2v) is 3.81. The monoisotopic (exact) mass is 216 g/mol. The molecule has 16 heavy (non-hydrogen) atoms. The Labute approximate surface area is 95.5 Å². The number of rotatable bonds is 3. The zero-order valence-electron chi connectivity index (χ0n) is 9.60. The Balaban J connectivity index is 2.69. The number of hydrogen-bond acceptors (Lipinski definition) is 2. The Bertz CT molecular complexity index is 489. The van der Waals surface area contributed by atoms with Crippen molar-refractivity contribution in [2.45, 2.75) is 20.0 Å². The molecule has 2 heteroatoms. The largest absolute Gasteiger partial charge is 0.493 e. The molecule has 2 aromatic carbocycles. The topological polar surface area (TPSA) is 29.5 Å². The van der Waals surface area contributed by atoms with Gasteiger partial charge < -0.3 is 9.84 Å². The Morgan fingerprint density at radius 2 is 1.94 bits per heavy atom. The predicted molar refractivity (Wildman–Crippen MR) is 65.8 cm³/mol. The molecule has 0 bridgehead atoms. The molecule has 2 aromatic rings. The van der Waals surface area contributed by atoms with Crippen LogP contribution in [0, 0.1) is 0 Å². The van der Waals surface area contributed by atoms with Crippen LogP contribution in [0.3, 0.4) is 0 Å². The molecule has 0 radical (unpaired) electrons. The second kappa shape index (κ2) is 4.54. The third-order valence-corrected chi connectivity index (χ3v) is 2.65. The molecule has 0 fully saturated rings. The van der Waals surface area contributed by atoms with E-state index in [-0.39, 0.29) is 0 Å². The summed E-state index contributed by atoms with van der Waals surface area (Å²) in [6.45, 7) is 4.32. The van der Waals surface area contributed by atoms with Crippen LogP contribution >= 0.6 is 0 Å². The van der Waals surface area contributed by atoms with Crippen molar-refractivity contribution in [1.82, 2.24) is 0 Å². The fraction of sp³-hybridized carbons (Fsp3) is 0.286. The maximum Gasteiger partial charge on any atom is 0.125 e. The first kappa shape index (κ1) is 11.0. The zero-order chi connectivity index (χ0) is 11.5. The van der Waals surface area contributed by atoms with E-state index in [0.717, 1.165) is 22.1 Å². The molecule has 0 aliphatic heterocycles. The van der Waals surface area contributed by atoms with Crippen molar-refractivity contribution < 1.29 is 9.84 Å². The normalized spacial score (nSPS) is 12.7. The van der Waals surface area contributed by atoms with Crippen LogP contribution in [0.2, 0.25) is 0 Å². The van der Waals surface area contributed by atoms with E-state index in [1.807, 2.05) is 43.3 Å². The Kier molecular flexibility index (Phi) is 3.11. The highest BCUT2D eigenvalue weighted by Crippen LogP contribution is 2.32. The van der Waals surface area contributed by atoms with Crippen molar-refractivity contribution in [2.75, 3.05) is 6.61 Å². The van der Waals surface area contributed by atoms with Crippen LogP contribution in [0.4, 0.5) is 0 Å². The lowest BCUT2D eigenvalue weighted by molar-refractivity contribution is 0.194. The molecule has 0 unspecified atom stereocenters. The molecule has 0 aliphatic carbocycles. The molecule has 0 saturated heterocycles. The fourth-order valence-electron chi connectivity index (χ4n) is 1.99. The number of benzene rings is 2. The lowest BCUT2D eigenvalue weighted by Gasteiger charge is -2.15. The van der Waals surface area contributed by atoms with Gasteiger partial charge in [0.05, 0.1) is 12.7 Å². The van der Waals surface area contributed by atoms with Gasteiger partial charge in [-0.2, -0.15) is 0 Å². The van der Waals surface area contributed by atoms with Gasteiger partial charge in [0, 0.05) is 5.56 Å². The van der Waals surface area contributed by atoms with E-state index >= 15 is 0 Å². The first-order valence-corrected chi connectivity index (χ1v) is 5.56. The fourth-order valence-corrected chi connectivity index (χ4v) is 1.99. The Morgan fingerprint density at radius 3 is 2.62 bits per heavy atom. The van der Waals surface area contributed by atoms with Gasteiger partial charge in [-0.05, 0) is 30.7 Å². The zero-order valence-corrected chi connectivity index (χ0v) is 9.60. The van der Waals surface area contributed by atoms with Gasteiger partial charge in [-0.25, -0.2) is 0 Å². The van der Waals surface area contributed by atoms with Crippen LogP contribution in [0.5, 0.6) is 5.75 Å². The van der Waals surface area contributed by atoms with E-state index in [1.54, 1.807) is 6.92 Å². The molecular weight excluding hydrogens is 200 g/mol. The van der Waals surface area contributed by atoms with Gasteiger partial charge in [0.25, 0.3) is 0 Å². The molecule has 0 spiro atoms. The van der Waals surface area contributed by atoms with Gasteiger partial charge >= 0.3 is 0 Å². The van der Waals surface area contributed by atoms with E-state index in [0.29, 0.717) is 6.61 Å². The minimum Gasteiger partial charge on any atom is -0.493 e. The van der Waals surface area contributed by atoms with Crippen molar-refractivity contribution in [3.8, 4) is 5.75 Å². The molecule has 0 aliphatic rings. The standard InChI is InChI=1S/C14H16O2/c1-3-16-13-9-8-11-6-4-5-7-12(11)14(13)10(2)15/h4-10,15H,3H2,1-2H3/t10-/m0/s1. The summed E-state index contributed by atoms with van der Waals surface area (Å²) in [5.41, 5.74) is 0.875. The van der Waals surface area contributed by atoms with Gasteiger partial charge in [0.15, 0.2) is 0 Å². The maximum atomic E-state index is 9.85. The number of fused-ring (bicyclic) bond motifs is 1. The summed E-state index contributed by atoms with van der Waals surface area (Å²) in [4.78, 5) is 0. The van der Waals surface area contributed by atoms with Crippen LogP contribution in [-0.2, 0) is 0 Å². The van der Waals surface area contributed by atoms with Gasteiger partial charge in [-0.3, -0.25) is 0 Å². The Hall–Kier alpha value is -1.54. The molecule has 0 amide bonds. The average Bonchev–Trinajstić information content (AvgIpc) is 2.28. The maximum absolute atomic E-state index is 9.85. The van der Waals surface area contributed by atoms with Crippen LogP contribution in [0.15, 0.2) is 36.4 Å². The predicted octanol–water partition coefficient (Wildman–Crippen LogP) is 3.29. The second-order valence-electron chi connectivity index (χ2n) is 3.81. The summed E-state index contributed by atoms with van der Waals surface area (Å²) in [5, 5.41) is 12.0. The van der Waals surface area contributed by atoms with Crippen LogP contribution in [0.25, 0.3) is 10.8 Å². The molecular formula is C14H16O2. The number of ether oxygens (including phenoxy) is 1. The van der Waals surface area contributed by atoms with Crippen molar-refractivity contribution in [3.05, 3.63) is 42.0 Å². The average molecular weight is 216 g/mol. The summed E-state index contributed by atoms with van der Waals surface area (Å²) in [6, 6.07) is 12.0. The summed E-state index contributed by atoms with van der Waals surface area (Å²) >= 11 is 0. The lowest BCUT2D eigenvalue weighted by Crippen LogP contribution is -2.00. The number of hydrogen-bond donors (Lipinski definition) is 1. The molecule has 0 saturated carbocycles. The molecule has 2 rings (SSSR count). The highest BCUT2D eigenvalue weighted by molar-refractivity contribution is 5.88. The molecule has 1 atom stereocenters. The van der Waals surface area contributed by atoms with Gasteiger partial charge in [-0.1, -0.05) is 30.3 Å². The highest BCUT2D eigenvalue weighted by atomic mass is 16.5.